The second kappa shape index (κ2) is 23.2. The highest BCUT2D eigenvalue weighted by Crippen LogP contribution is 2.48. The molecule has 0 spiro atoms. The summed E-state index contributed by atoms with van der Waals surface area (Å²) in [5.41, 5.74) is 6.94. The Morgan fingerprint density at radius 1 is 0.825 bits per heavy atom. The summed E-state index contributed by atoms with van der Waals surface area (Å²) >= 11 is 1.57. The molecule has 80 heavy (non-hydrogen) atoms. The Morgan fingerprint density at radius 3 is 2.09 bits per heavy atom. The third-order valence-electron chi connectivity index (χ3n) is 15.4. The SMILES string of the molecule is COc1cc2c(Oc3ccc(NC(=O)C4(C(=O)Nc5ccc(F)cc5)CC4)cc3)ccnc2cc1N1CCC(Cc2ccc(C(=O)N[C@H](C(=O)N3C[C@H](O)C[C@H]3C(=O)NCc3ccc(-c4scnc4C)cc3)C(C)(C)C)cc2)CC1. The number of hydrogen-bond donors (Lipinski definition) is 5. The quantitative estimate of drug-likeness (QED) is 0.0543. The van der Waals surface area contributed by atoms with Crippen molar-refractivity contribution in [3.8, 4) is 27.7 Å². The van der Waals surface area contributed by atoms with Crippen molar-refractivity contribution in [1.82, 2.24) is 25.5 Å². The van der Waals surface area contributed by atoms with Gasteiger partial charge in [-0.3, -0.25) is 29.0 Å². The third kappa shape index (κ3) is 12.3. The normalized spacial score (nSPS) is 17.3. The minimum absolute atomic E-state index is 0.0145. The van der Waals surface area contributed by atoms with Crippen molar-refractivity contribution >= 4 is 68.8 Å². The van der Waals surface area contributed by atoms with Gasteiger partial charge in [0.05, 0.1) is 40.5 Å². The molecular formula is C62H65FN8O8S. The second-order valence-corrected chi connectivity index (χ2v) is 23.0. The first-order chi connectivity index (χ1) is 38.4. The van der Waals surface area contributed by atoms with Crippen LogP contribution >= 0.6 is 11.3 Å². The van der Waals surface area contributed by atoms with E-state index in [9.17, 15) is 33.5 Å². The van der Waals surface area contributed by atoms with Gasteiger partial charge in [-0.1, -0.05) is 57.2 Å². The molecule has 1 saturated carbocycles. The van der Waals surface area contributed by atoms with Crippen molar-refractivity contribution in [2.45, 2.75) is 91.0 Å². The lowest BCUT2D eigenvalue weighted by atomic mass is 9.85. The lowest BCUT2D eigenvalue weighted by Crippen LogP contribution is -2.57. The van der Waals surface area contributed by atoms with Crippen LogP contribution in [0, 0.1) is 29.5 Å². The van der Waals surface area contributed by atoms with Crippen LogP contribution in [0.3, 0.4) is 0 Å². The third-order valence-corrected chi connectivity index (χ3v) is 16.4. The van der Waals surface area contributed by atoms with Crippen molar-refractivity contribution in [2.24, 2.45) is 16.7 Å². The van der Waals surface area contributed by atoms with E-state index in [0.29, 0.717) is 52.9 Å². The van der Waals surface area contributed by atoms with Crippen LogP contribution in [-0.2, 0) is 32.1 Å². The molecule has 3 atom stereocenters. The van der Waals surface area contributed by atoms with Crippen LogP contribution in [0.25, 0.3) is 21.3 Å². The molecule has 0 bridgehead atoms. The van der Waals surface area contributed by atoms with Crippen LogP contribution in [0.4, 0.5) is 21.5 Å². The Balaban J connectivity index is 0.711. The molecule has 2 aromatic heterocycles. The van der Waals surface area contributed by atoms with Crippen molar-refractivity contribution in [3.05, 3.63) is 155 Å². The number of aliphatic hydroxyl groups is 1. The Morgan fingerprint density at radius 2 is 1.48 bits per heavy atom. The molecule has 0 radical (unpaired) electrons. The van der Waals surface area contributed by atoms with Crippen LogP contribution in [0.5, 0.6) is 17.2 Å². The molecule has 4 heterocycles. The maximum atomic E-state index is 14.3. The summed E-state index contributed by atoms with van der Waals surface area (Å²) in [5, 5.41) is 23.0. The molecule has 5 N–H and O–H groups in total. The molecule has 5 amide bonds. The number of piperidine rings is 1. The zero-order valence-electron chi connectivity index (χ0n) is 45.4. The fourth-order valence-electron chi connectivity index (χ4n) is 10.6. The van der Waals surface area contributed by atoms with Crippen LogP contribution in [0.1, 0.15) is 80.1 Å². The zero-order chi connectivity index (χ0) is 56.3. The predicted octanol–water partition coefficient (Wildman–Crippen LogP) is 9.85. The molecule has 16 nitrogen and oxygen atoms in total. The maximum absolute atomic E-state index is 14.3. The number of amides is 5. The summed E-state index contributed by atoms with van der Waals surface area (Å²) in [7, 11) is 1.65. The number of benzene rings is 5. The first-order valence-electron chi connectivity index (χ1n) is 27.0. The molecule has 3 fully saturated rings. The summed E-state index contributed by atoms with van der Waals surface area (Å²) in [6.45, 7) is 9.41. The minimum Gasteiger partial charge on any atom is -0.495 e. The van der Waals surface area contributed by atoms with E-state index in [4.69, 9.17) is 9.47 Å². The largest absolute Gasteiger partial charge is 0.495 e. The summed E-state index contributed by atoms with van der Waals surface area (Å²) < 4.78 is 25.7. The van der Waals surface area contributed by atoms with Gasteiger partial charge in [0.2, 0.25) is 23.6 Å². The number of nitrogens with zero attached hydrogens (tertiary/aromatic N) is 4. The summed E-state index contributed by atoms with van der Waals surface area (Å²) in [6.07, 6.45) is 4.43. The summed E-state index contributed by atoms with van der Waals surface area (Å²) in [6, 6.07) is 31.6. The van der Waals surface area contributed by atoms with Gasteiger partial charge in [-0.05, 0) is 146 Å². The predicted molar refractivity (Wildman–Crippen MR) is 306 cm³/mol. The van der Waals surface area contributed by atoms with Gasteiger partial charge in [0, 0.05) is 61.1 Å². The molecule has 2 aliphatic heterocycles. The first kappa shape index (κ1) is 55.1. The van der Waals surface area contributed by atoms with Crippen molar-refractivity contribution in [1.29, 1.82) is 0 Å². The number of carbonyl (C=O) groups excluding carboxylic acids is 5. The number of aromatic nitrogens is 2. The molecule has 0 unspecified atom stereocenters. The zero-order valence-corrected chi connectivity index (χ0v) is 46.2. The summed E-state index contributed by atoms with van der Waals surface area (Å²) in [5.74, 6) is -0.245. The van der Waals surface area contributed by atoms with E-state index in [1.807, 2.05) is 81.7 Å². The van der Waals surface area contributed by atoms with E-state index >= 15 is 0 Å². The smallest absolute Gasteiger partial charge is 0.251 e. The lowest BCUT2D eigenvalue weighted by molar-refractivity contribution is -0.142. The number of likely N-dealkylation sites (tertiary alicyclic amines) is 1. The number of ether oxygens (including phenoxy) is 2. The highest BCUT2D eigenvalue weighted by molar-refractivity contribution is 7.13. The molecular weight excluding hydrogens is 1040 g/mol. The van der Waals surface area contributed by atoms with Crippen LogP contribution in [-0.4, -0.2) is 94.4 Å². The van der Waals surface area contributed by atoms with E-state index in [-0.39, 0.29) is 25.4 Å². The van der Waals surface area contributed by atoms with Crippen molar-refractivity contribution in [2.75, 3.05) is 42.3 Å². The van der Waals surface area contributed by atoms with E-state index in [0.717, 1.165) is 76.2 Å². The number of β-amino-alcohol motifs (C(OH)–C–C–N with tert-alkyl or cyclic N) is 1. The Hall–Kier alpha value is -8.22. The number of hydrogen-bond acceptors (Lipinski definition) is 12. The average Bonchev–Trinajstić information content (AvgIpc) is 4.14. The summed E-state index contributed by atoms with van der Waals surface area (Å²) in [4.78, 5) is 81.9. The fourth-order valence-corrected chi connectivity index (χ4v) is 11.4. The Kier molecular flexibility index (Phi) is 16.0. The highest BCUT2D eigenvalue weighted by atomic mass is 32.1. The van der Waals surface area contributed by atoms with Crippen LogP contribution in [0.2, 0.25) is 0 Å². The molecule has 3 aliphatic rings. The average molecular weight is 1100 g/mol. The van der Waals surface area contributed by atoms with Gasteiger partial charge in [0.25, 0.3) is 5.91 Å². The van der Waals surface area contributed by atoms with Crippen molar-refractivity contribution in [3.63, 3.8) is 0 Å². The van der Waals surface area contributed by atoms with Gasteiger partial charge in [0.15, 0.2) is 0 Å². The number of aliphatic hydroxyl groups excluding tert-OH is 1. The number of pyridine rings is 1. The number of rotatable bonds is 17. The molecule has 7 aromatic rings. The van der Waals surface area contributed by atoms with Crippen LogP contribution in [0.15, 0.2) is 127 Å². The minimum atomic E-state index is -1.19. The van der Waals surface area contributed by atoms with Crippen molar-refractivity contribution < 1.29 is 42.9 Å². The van der Waals surface area contributed by atoms with Gasteiger partial charge in [-0.2, -0.15) is 0 Å². The maximum Gasteiger partial charge on any atom is 0.251 e. The van der Waals surface area contributed by atoms with E-state index in [1.165, 1.54) is 29.2 Å². The number of methoxy groups -OCH3 is 1. The van der Waals surface area contributed by atoms with Gasteiger partial charge >= 0.3 is 0 Å². The molecule has 414 valence electrons. The molecule has 5 aromatic carbocycles. The molecule has 10 rings (SSSR count). The van der Waals surface area contributed by atoms with E-state index in [1.54, 1.807) is 67.1 Å². The monoisotopic (exact) mass is 1100 g/mol. The highest BCUT2D eigenvalue weighted by Gasteiger charge is 2.56. The van der Waals surface area contributed by atoms with Gasteiger partial charge in [-0.25, -0.2) is 9.37 Å². The van der Waals surface area contributed by atoms with E-state index < -0.39 is 58.5 Å². The number of halogens is 1. The lowest BCUT2D eigenvalue weighted by Gasteiger charge is -2.35. The van der Waals surface area contributed by atoms with Gasteiger partial charge in [-0.15, -0.1) is 11.3 Å². The number of fused-ring (bicyclic) bond motifs is 1. The number of nitrogens with one attached hydrogen (secondary N) is 4. The molecule has 1 aliphatic carbocycles. The number of aryl methyl sites for hydroxylation is 1. The molecule has 18 heteroatoms. The van der Waals surface area contributed by atoms with Crippen LogP contribution < -0.4 is 35.6 Å². The Labute approximate surface area is 468 Å². The first-order valence-corrected chi connectivity index (χ1v) is 27.9. The number of carbonyl (C=O) groups is 5. The number of anilines is 3. The van der Waals surface area contributed by atoms with E-state index in [2.05, 4.69) is 36.1 Å². The second-order valence-electron chi connectivity index (χ2n) is 22.2. The van der Waals surface area contributed by atoms with Gasteiger partial charge < -0.3 is 45.6 Å². The topological polar surface area (TPSA) is 204 Å². The van der Waals surface area contributed by atoms with Gasteiger partial charge in [0.1, 0.15) is 40.6 Å². The number of thiazole rings is 1. The standard InChI is InChI=1S/C62H65FN8O8S/c1-37-54(80-36-66-37)41-10-8-40(9-11-41)34-65-57(74)51-31-46(72)35-71(51)58(75)55(61(2,3)4)69-56(73)42-12-6-38(7-13-42)30-39-23-28-70(29-24-39)50-33-49-48(32-53(50)78-5)52(22-27-64-49)79-47-20-18-45(19-21-47)68-60(77)62(25-26-62)59(76)67-44-16-14-43(63)15-17-44/h6-22,27,32-33,36,39,46,51,55,72H,23-26,28-31,34-35H2,1-5H3,(H,65,74)(H,67,76)(H,68,77)(H,69,73)/t46-,51+,55-/m1/s1. The Bertz CT molecular complexity index is 3410. The molecule has 2 saturated heterocycles. The fraction of sp³-hybridized carbons (Fsp3) is 0.339.